The summed E-state index contributed by atoms with van der Waals surface area (Å²) in [6, 6.07) is 3.60. The Hall–Kier alpha value is -1.19. The van der Waals surface area contributed by atoms with Crippen LogP contribution in [0.5, 0.6) is 11.5 Å². The Morgan fingerprint density at radius 2 is 2.00 bits per heavy atom. The van der Waals surface area contributed by atoms with Crippen LogP contribution in [-0.4, -0.2) is 16.2 Å². The Morgan fingerprint density at radius 1 is 1.42 bits per heavy atom. The first-order valence-electron chi connectivity index (χ1n) is 2.85. The molecule has 0 heterocycles. The van der Waals surface area contributed by atoms with E-state index in [0.717, 1.165) is 12.1 Å². The number of phenols is 1. The molecular formula is C7H5CuO4-. The number of phenolic OH excluding ortho intramolecular Hbond substituents is 1. The Balaban J connectivity index is 0.00000121. The van der Waals surface area contributed by atoms with Crippen LogP contribution in [0.25, 0.3) is 0 Å². The van der Waals surface area contributed by atoms with Gasteiger partial charge in [-0.25, -0.2) is 4.79 Å². The predicted molar refractivity (Wildman–Crippen MR) is 34.5 cm³/mol. The van der Waals surface area contributed by atoms with Crippen molar-refractivity contribution < 1.29 is 37.2 Å². The predicted octanol–water partition coefficient (Wildman–Crippen LogP) is 0.161. The number of aromatic hydroxyl groups is 1. The van der Waals surface area contributed by atoms with Gasteiger partial charge < -0.3 is 15.3 Å². The standard InChI is InChI=1S/C7H6O4.Cu/c8-5-3-1-2-4(6(5)9)7(10)11;/h1-3,8-9H,(H,10,11);/p-1. The first kappa shape index (κ1) is 10.8. The van der Waals surface area contributed by atoms with Gasteiger partial charge in [0.05, 0.1) is 5.56 Å². The molecule has 5 heteroatoms. The molecule has 0 fully saturated rings. The van der Waals surface area contributed by atoms with Crippen molar-refractivity contribution in [1.29, 1.82) is 0 Å². The number of aromatic carboxylic acids is 1. The molecule has 0 aromatic heterocycles. The SMILES string of the molecule is O=C(O)c1cccc(O)c1[O-].[Cu]. The summed E-state index contributed by atoms with van der Waals surface area (Å²) in [5, 5.41) is 27.9. The van der Waals surface area contributed by atoms with Crippen LogP contribution in [-0.2, 0) is 17.1 Å². The van der Waals surface area contributed by atoms with E-state index >= 15 is 0 Å². The fourth-order valence-electron chi connectivity index (χ4n) is 0.693. The van der Waals surface area contributed by atoms with Crippen LogP contribution in [0.1, 0.15) is 10.4 Å². The minimum absolute atomic E-state index is 0. The summed E-state index contributed by atoms with van der Waals surface area (Å²) in [6.45, 7) is 0. The van der Waals surface area contributed by atoms with Gasteiger partial charge in [-0.1, -0.05) is 11.8 Å². The van der Waals surface area contributed by atoms with Crippen LogP contribution >= 0.6 is 0 Å². The maximum atomic E-state index is 10.8. The Morgan fingerprint density at radius 3 is 2.42 bits per heavy atom. The number of carboxylic acid groups (broad SMARTS) is 1. The zero-order valence-corrected chi connectivity index (χ0v) is 6.69. The summed E-state index contributed by atoms with van der Waals surface area (Å²) in [5.41, 5.74) is -0.412. The number of benzene rings is 1. The van der Waals surface area contributed by atoms with Gasteiger partial charge in [-0.2, -0.15) is 0 Å². The van der Waals surface area contributed by atoms with Crippen LogP contribution in [0.3, 0.4) is 0 Å². The van der Waals surface area contributed by atoms with Crippen molar-refractivity contribution in [2.75, 3.05) is 0 Å². The maximum absolute atomic E-state index is 10.8. The number of hydrogen-bond donors (Lipinski definition) is 2. The van der Waals surface area contributed by atoms with Crippen molar-refractivity contribution in [3.63, 3.8) is 0 Å². The summed E-state index contributed by atoms with van der Waals surface area (Å²) in [5.74, 6) is -2.71. The molecule has 0 saturated carbocycles. The van der Waals surface area contributed by atoms with E-state index < -0.39 is 23.0 Å². The summed E-state index contributed by atoms with van der Waals surface area (Å²) >= 11 is 0. The number of carboxylic acids is 1. The van der Waals surface area contributed by atoms with Crippen molar-refractivity contribution >= 4 is 5.97 Å². The van der Waals surface area contributed by atoms with Gasteiger partial charge in [-0.3, -0.25) is 0 Å². The zero-order chi connectivity index (χ0) is 8.43. The molecule has 0 bridgehead atoms. The van der Waals surface area contributed by atoms with E-state index in [4.69, 9.17) is 10.2 Å². The fraction of sp³-hybridized carbons (Fsp3) is 0. The normalized spacial score (nSPS) is 8.67. The molecular weight excluding hydrogens is 212 g/mol. The van der Waals surface area contributed by atoms with Crippen molar-refractivity contribution in [3.05, 3.63) is 23.8 Å². The number of para-hydroxylation sites is 1. The average molecular weight is 217 g/mol. The third kappa shape index (κ3) is 1.90. The number of hydrogen-bond acceptors (Lipinski definition) is 3. The van der Waals surface area contributed by atoms with Crippen LogP contribution in [0.4, 0.5) is 0 Å². The van der Waals surface area contributed by atoms with Crippen LogP contribution in [0.15, 0.2) is 18.2 Å². The van der Waals surface area contributed by atoms with Crippen molar-refractivity contribution in [3.8, 4) is 11.5 Å². The largest absolute Gasteiger partial charge is 0.869 e. The molecule has 0 aliphatic carbocycles. The fourth-order valence-corrected chi connectivity index (χ4v) is 0.693. The second kappa shape index (κ2) is 3.99. The molecule has 0 unspecified atom stereocenters. The van der Waals surface area contributed by atoms with Gasteiger partial charge in [0.15, 0.2) is 0 Å². The molecule has 12 heavy (non-hydrogen) atoms. The molecule has 0 amide bonds. The van der Waals surface area contributed by atoms with E-state index in [-0.39, 0.29) is 17.1 Å². The van der Waals surface area contributed by atoms with Crippen LogP contribution in [0, 0.1) is 0 Å². The van der Waals surface area contributed by atoms with Gasteiger partial charge in [0.25, 0.3) is 0 Å². The maximum Gasteiger partial charge on any atom is 0.335 e. The summed E-state index contributed by atoms with van der Waals surface area (Å²) in [6.07, 6.45) is 0. The Kier molecular flexibility index (Phi) is 3.60. The van der Waals surface area contributed by atoms with E-state index in [9.17, 15) is 9.90 Å². The molecule has 69 valence electrons. The third-order valence-corrected chi connectivity index (χ3v) is 1.22. The van der Waals surface area contributed by atoms with E-state index in [2.05, 4.69) is 0 Å². The van der Waals surface area contributed by atoms with E-state index in [1.807, 2.05) is 0 Å². The van der Waals surface area contributed by atoms with Crippen molar-refractivity contribution in [2.45, 2.75) is 0 Å². The second-order valence-corrected chi connectivity index (χ2v) is 1.96. The Bertz CT molecular complexity index is 297. The first-order valence-corrected chi connectivity index (χ1v) is 2.85. The number of rotatable bonds is 1. The molecule has 0 atom stereocenters. The zero-order valence-electron chi connectivity index (χ0n) is 5.74. The molecule has 0 aliphatic rings. The molecule has 4 nitrogen and oxygen atoms in total. The molecule has 0 saturated heterocycles. The molecule has 1 radical (unpaired) electrons. The van der Waals surface area contributed by atoms with Gasteiger partial charge in [0.2, 0.25) is 0 Å². The molecule has 1 aromatic rings. The van der Waals surface area contributed by atoms with Crippen molar-refractivity contribution in [1.82, 2.24) is 0 Å². The molecule has 1 rings (SSSR count). The van der Waals surface area contributed by atoms with Gasteiger partial charge in [0, 0.05) is 17.1 Å². The van der Waals surface area contributed by atoms with E-state index in [1.54, 1.807) is 0 Å². The first-order chi connectivity index (χ1) is 5.13. The van der Waals surface area contributed by atoms with Gasteiger partial charge in [0.1, 0.15) is 5.75 Å². The minimum atomic E-state index is -1.33. The quantitative estimate of drug-likeness (QED) is 0.656. The molecule has 0 aliphatic heterocycles. The average Bonchev–Trinajstić information content (AvgIpc) is 1.94. The van der Waals surface area contributed by atoms with Crippen molar-refractivity contribution in [2.24, 2.45) is 0 Å². The van der Waals surface area contributed by atoms with Gasteiger partial charge >= 0.3 is 5.97 Å². The van der Waals surface area contributed by atoms with Gasteiger partial charge in [-0.15, -0.1) is 0 Å². The molecule has 0 spiro atoms. The van der Waals surface area contributed by atoms with E-state index in [0.29, 0.717) is 0 Å². The topological polar surface area (TPSA) is 80.6 Å². The number of carbonyl (C=O) groups is 1. The van der Waals surface area contributed by atoms with Crippen LogP contribution < -0.4 is 5.11 Å². The second-order valence-electron chi connectivity index (χ2n) is 1.96. The monoisotopic (exact) mass is 216 g/mol. The molecule has 2 N–H and O–H groups in total. The van der Waals surface area contributed by atoms with Crippen LogP contribution in [0.2, 0.25) is 0 Å². The molecule has 1 aromatic carbocycles. The van der Waals surface area contributed by atoms with Gasteiger partial charge in [-0.05, 0) is 12.1 Å². The summed E-state index contributed by atoms with van der Waals surface area (Å²) < 4.78 is 0. The summed E-state index contributed by atoms with van der Waals surface area (Å²) in [7, 11) is 0. The minimum Gasteiger partial charge on any atom is -0.869 e. The van der Waals surface area contributed by atoms with E-state index in [1.165, 1.54) is 6.07 Å². The smallest absolute Gasteiger partial charge is 0.335 e. The summed E-state index contributed by atoms with van der Waals surface area (Å²) in [4.78, 5) is 10.3. The third-order valence-electron chi connectivity index (χ3n) is 1.22. The Labute approximate surface area is 78.9 Å².